The SMILES string of the molecule is C=C/C=N/Nc1ccc(N2CCOCC2)cc1.CN.[HH]. The van der Waals surface area contributed by atoms with Gasteiger partial charge in [-0.2, -0.15) is 5.10 Å². The number of ether oxygens (including phenoxy) is 1. The average Bonchev–Trinajstić information content (AvgIpc) is 2.51. The highest BCUT2D eigenvalue weighted by Gasteiger charge is 2.10. The first-order valence-electron chi connectivity index (χ1n) is 6.31. The average molecular weight is 264 g/mol. The summed E-state index contributed by atoms with van der Waals surface area (Å²) in [7, 11) is 1.50. The number of hydrogen-bond acceptors (Lipinski definition) is 5. The summed E-state index contributed by atoms with van der Waals surface area (Å²) in [6.07, 6.45) is 3.25. The molecule has 2 rings (SSSR count). The van der Waals surface area contributed by atoms with E-state index in [0.717, 1.165) is 32.0 Å². The lowest BCUT2D eigenvalue weighted by molar-refractivity contribution is 0.122. The Kier molecular flexibility index (Phi) is 7.31. The van der Waals surface area contributed by atoms with Crippen LogP contribution in [0.5, 0.6) is 0 Å². The monoisotopic (exact) mass is 264 g/mol. The third-order valence-corrected chi connectivity index (χ3v) is 2.62. The number of rotatable bonds is 4. The maximum absolute atomic E-state index is 5.33. The van der Waals surface area contributed by atoms with E-state index in [1.807, 2.05) is 12.1 Å². The highest BCUT2D eigenvalue weighted by atomic mass is 16.5. The molecule has 1 aliphatic heterocycles. The van der Waals surface area contributed by atoms with Crippen LogP contribution in [0.4, 0.5) is 11.4 Å². The van der Waals surface area contributed by atoms with Gasteiger partial charge in [0.15, 0.2) is 0 Å². The van der Waals surface area contributed by atoms with E-state index in [-0.39, 0.29) is 1.43 Å². The molecule has 0 amide bonds. The standard InChI is InChI=1S/C13H17N3O.CH5N.H2/c1-2-7-14-15-12-3-5-13(6-4-12)16-8-10-17-11-9-16;1-2;/h2-7,15H,1,8-11H2;2H2,1H3;1H/b14-7+;;. The van der Waals surface area contributed by atoms with E-state index in [4.69, 9.17) is 4.74 Å². The molecule has 1 aromatic carbocycles. The number of allylic oxidation sites excluding steroid dienone is 1. The Morgan fingerprint density at radius 3 is 2.53 bits per heavy atom. The molecule has 0 saturated carbocycles. The minimum absolute atomic E-state index is 0. The maximum Gasteiger partial charge on any atom is 0.0642 e. The Hall–Kier alpha value is -1.85. The summed E-state index contributed by atoms with van der Waals surface area (Å²) in [5.41, 5.74) is 9.63. The van der Waals surface area contributed by atoms with Crippen LogP contribution in [0, 0.1) is 0 Å². The Bertz CT molecular complexity index is 389. The van der Waals surface area contributed by atoms with E-state index in [2.05, 4.69) is 39.9 Å². The van der Waals surface area contributed by atoms with Crippen molar-refractivity contribution < 1.29 is 6.16 Å². The number of nitrogens with one attached hydrogen (secondary N) is 1. The summed E-state index contributed by atoms with van der Waals surface area (Å²) in [4.78, 5) is 2.32. The van der Waals surface area contributed by atoms with E-state index in [1.165, 1.54) is 12.7 Å². The first-order chi connectivity index (χ1) is 9.40. The molecule has 0 aromatic heterocycles. The molecule has 1 aliphatic rings. The topological polar surface area (TPSA) is 62.9 Å². The zero-order valence-corrected chi connectivity index (χ0v) is 11.4. The van der Waals surface area contributed by atoms with Crippen molar-refractivity contribution >= 4 is 17.6 Å². The molecular formula is C14H24N4O. The first-order valence-corrected chi connectivity index (χ1v) is 6.31. The first kappa shape index (κ1) is 15.2. The quantitative estimate of drug-likeness (QED) is 0.644. The number of morpholine rings is 1. The maximum atomic E-state index is 5.33. The van der Waals surface area contributed by atoms with E-state index >= 15 is 0 Å². The largest absolute Gasteiger partial charge is 0.378 e. The van der Waals surface area contributed by atoms with Crippen LogP contribution in [-0.2, 0) is 4.74 Å². The van der Waals surface area contributed by atoms with Crippen LogP contribution >= 0.6 is 0 Å². The number of benzene rings is 1. The molecule has 1 heterocycles. The summed E-state index contributed by atoms with van der Waals surface area (Å²) in [5.74, 6) is 0. The number of anilines is 2. The lowest BCUT2D eigenvalue weighted by atomic mass is 10.2. The summed E-state index contributed by atoms with van der Waals surface area (Å²) in [6, 6.07) is 8.23. The van der Waals surface area contributed by atoms with E-state index in [0.29, 0.717) is 0 Å². The van der Waals surface area contributed by atoms with E-state index in [9.17, 15) is 0 Å². The zero-order chi connectivity index (χ0) is 13.9. The molecule has 0 radical (unpaired) electrons. The van der Waals surface area contributed by atoms with Gasteiger partial charge in [0, 0.05) is 26.4 Å². The van der Waals surface area contributed by atoms with Crippen LogP contribution in [0.15, 0.2) is 42.0 Å². The Labute approximate surface area is 116 Å². The molecule has 0 bridgehead atoms. The van der Waals surface area contributed by atoms with E-state index < -0.39 is 0 Å². The normalized spacial score (nSPS) is 14.7. The molecule has 1 fully saturated rings. The van der Waals surface area contributed by atoms with Crippen LogP contribution in [0.2, 0.25) is 0 Å². The fourth-order valence-corrected chi connectivity index (χ4v) is 1.73. The summed E-state index contributed by atoms with van der Waals surface area (Å²) < 4.78 is 5.33. The predicted octanol–water partition coefficient (Wildman–Crippen LogP) is 1.93. The van der Waals surface area contributed by atoms with Crippen LogP contribution in [0.25, 0.3) is 0 Å². The fraction of sp³-hybridized carbons (Fsp3) is 0.357. The number of hydrazone groups is 1. The number of nitrogens with zero attached hydrogens (tertiary/aromatic N) is 2. The van der Waals surface area contributed by atoms with Gasteiger partial charge < -0.3 is 15.4 Å². The zero-order valence-electron chi connectivity index (χ0n) is 11.4. The van der Waals surface area contributed by atoms with Crippen molar-refractivity contribution in [3.63, 3.8) is 0 Å². The summed E-state index contributed by atoms with van der Waals surface area (Å²) >= 11 is 0. The predicted molar refractivity (Wildman–Crippen MR) is 84.0 cm³/mol. The summed E-state index contributed by atoms with van der Waals surface area (Å²) in [6.45, 7) is 7.10. The van der Waals surface area contributed by atoms with Gasteiger partial charge in [-0.15, -0.1) is 0 Å². The van der Waals surface area contributed by atoms with E-state index in [1.54, 1.807) is 12.3 Å². The second-order valence-corrected chi connectivity index (χ2v) is 3.77. The van der Waals surface area contributed by atoms with Crippen molar-refractivity contribution in [1.29, 1.82) is 0 Å². The van der Waals surface area contributed by atoms with Gasteiger partial charge in [0.1, 0.15) is 0 Å². The highest BCUT2D eigenvalue weighted by Crippen LogP contribution is 2.18. The van der Waals surface area contributed by atoms with Crippen molar-refractivity contribution in [2.75, 3.05) is 43.7 Å². The van der Waals surface area contributed by atoms with Crippen LogP contribution in [0.3, 0.4) is 0 Å². The van der Waals surface area contributed by atoms with Crippen molar-refractivity contribution in [2.24, 2.45) is 10.8 Å². The van der Waals surface area contributed by atoms with Gasteiger partial charge in [-0.25, -0.2) is 0 Å². The number of hydrogen-bond donors (Lipinski definition) is 2. The van der Waals surface area contributed by atoms with Crippen LogP contribution < -0.4 is 16.1 Å². The van der Waals surface area contributed by atoms with Crippen LogP contribution in [-0.4, -0.2) is 39.6 Å². The summed E-state index contributed by atoms with van der Waals surface area (Å²) in [5, 5.41) is 3.98. The smallest absolute Gasteiger partial charge is 0.0642 e. The molecule has 1 saturated heterocycles. The minimum atomic E-state index is 0. The van der Waals surface area contributed by atoms with Gasteiger partial charge in [-0.3, -0.25) is 5.43 Å². The van der Waals surface area contributed by atoms with Crippen molar-refractivity contribution in [2.45, 2.75) is 0 Å². The van der Waals surface area contributed by atoms with Gasteiger partial charge in [0.2, 0.25) is 0 Å². The molecule has 5 heteroatoms. The minimum Gasteiger partial charge on any atom is -0.378 e. The lowest BCUT2D eigenvalue weighted by Crippen LogP contribution is -2.36. The van der Waals surface area contributed by atoms with Gasteiger partial charge in [0.05, 0.1) is 18.9 Å². The van der Waals surface area contributed by atoms with Crippen molar-refractivity contribution in [3.05, 3.63) is 36.9 Å². The molecule has 0 unspecified atom stereocenters. The van der Waals surface area contributed by atoms with Crippen LogP contribution in [0.1, 0.15) is 1.43 Å². The second kappa shape index (κ2) is 9.13. The molecule has 5 nitrogen and oxygen atoms in total. The molecule has 1 aromatic rings. The molecule has 3 N–H and O–H groups in total. The Morgan fingerprint density at radius 1 is 1.32 bits per heavy atom. The highest BCUT2D eigenvalue weighted by molar-refractivity contribution is 5.71. The molecule has 19 heavy (non-hydrogen) atoms. The van der Waals surface area contributed by atoms with Gasteiger partial charge in [-0.1, -0.05) is 6.58 Å². The third kappa shape index (κ3) is 5.11. The molecule has 0 aliphatic carbocycles. The van der Waals surface area contributed by atoms with Crippen molar-refractivity contribution in [3.8, 4) is 0 Å². The van der Waals surface area contributed by atoms with Gasteiger partial charge in [0.25, 0.3) is 0 Å². The second-order valence-electron chi connectivity index (χ2n) is 3.77. The Balaban J connectivity index is 0.00000115. The third-order valence-electron chi connectivity index (χ3n) is 2.62. The van der Waals surface area contributed by atoms with Crippen molar-refractivity contribution in [1.82, 2.24) is 0 Å². The molecule has 106 valence electrons. The molecule has 0 spiro atoms. The fourth-order valence-electron chi connectivity index (χ4n) is 1.73. The Morgan fingerprint density at radius 2 is 1.95 bits per heavy atom. The lowest BCUT2D eigenvalue weighted by Gasteiger charge is -2.28. The molecular weight excluding hydrogens is 240 g/mol. The van der Waals surface area contributed by atoms with Gasteiger partial charge in [-0.05, 0) is 37.4 Å². The number of nitrogens with two attached hydrogens (primary N) is 1. The molecule has 0 atom stereocenters. The van der Waals surface area contributed by atoms with Gasteiger partial charge >= 0.3 is 0 Å².